The number of nitrogens with zero attached hydrogens (tertiary/aromatic N) is 2. The summed E-state index contributed by atoms with van der Waals surface area (Å²) in [5, 5.41) is 6.86. The lowest BCUT2D eigenvalue weighted by atomic mass is 10.1. The average molecular weight is 349 g/mol. The predicted octanol–water partition coefficient (Wildman–Crippen LogP) is 3.30. The molecule has 1 atom stereocenters. The first-order valence-electron chi connectivity index (χ1n) is 6.93. The maximum atomic E-state index is 12.6. The standard InChI is InChI=1S/C15H19F3N4.ClH/c1-10(7-19)22(2)9-12-8-20-21-14(12)11-3-5-13(6-4-11)15(16,17)18;/h3-6,8,10H,7,9,19H2,1-2H3,(H,20,21);1H. The molecule has 1 heterocycles. The number of hydrogen-bond donors (Lipinski definition) is 2. The van der Waals surface area contributed by atoms with Crippen molar-refractivity contribution in [2.75, 3.05) is 13.6 Å². The number of alkyl halides is 3. The van der Waals surface area contributed by atoms with E-state index in [1.807, 2.05) is 14.0 Å². The Labute approximate surface area is 139 Å². The molecule has 2 aromatic rings. The summed E-state index contributed by atoms with van der Waals surface area (Å²) >= 11 is 0. The van der Waals surface area contributed by atoms with Crippen LogP contribution in [-0.4, -0.2) is 34.7 Å². The zero-order valence-corrected chi connectivity index (χ0v) is 13.7. The van der Waals surface area contributed by atoms with E-state index in [4.69, 9.17) is 5.73 Å². The number of H-pyrrole nitrogens is 1. The van der Waals surface area contributed by atoms with Gasteiger partial charge < -0.3 is 5.73 Å². The second-order valence-corrected chi connectivity index (χ2v) is 5.35. The Balaban J connectivity index is 0.00000264. The Bertz CT molecular complexity index is 610. The Hall–Kier alpha value is -1.57. The lowest BCUT2D eigenvalue weighted by molar-refractivity contribution is -0.137. The highest BCUT2D eigenvalue weighted by Gasteiger charge is 2.30. The molecule has 0 radical (unpaired) electrons. The van der Waals surface area contributed by atoms with Gasteiger partial charge in [0, 0.05) is 24.7 Å². The van der Waals surface area contributed by atoms with Gasteiger partial charge in [-0.15, -0.1) is 12.4 Å². The molecule has 23 heavy (non-hydrogen) atoms. The van der Waals surface area contributed by atoms with Crippen LogP contribution in [0.25, 0.3) is 11.3 Å². The third-order valence-electron chi connectivity index (χ3n) is 3.73. The molecule has 0 amide bonds. The van der Waals surface area contributed by atoms with Crippen molar-refractivity contribution < 1.29 is 13.2 Å². The van der Waals surface area contributed by atoms with Crippen LogP contribution >= 0.6 is 12.4 Å². The zero-order chi connectivity index (χ0) is 16.3. The van der Waals surface area contributed by atoms with E-state index in [0.29, 0.717) is 18.7 Å². The van der Waals surface area contributed by atoms with Crippen LogP contribution in [0.4, 0.5) is 13.2 Å². The van der Waals surface area contributed by atoms with E-state index in [-0.39, 0.29) is 18.4 Å². The molecular weight excluding hydrogens is 329 g/mol. The van der Waals surface area contributed by atoms with Gasteiger partial charge in [0.1, 0.15) is 0 Å². The number of halogens is 4. The lowest BCUT2D eigenvalue weighted by Crippen LogP contribution is -2.34. The van der Waals surface area contributed by atoms with Crippen molar-refractivity contribution >= 4 is 12.4 Å². The highest BCUT2D eigenvalue weighted by Crippen LogP contribution is 2.31. The van der Waals surface area contributed by atoms with Crippen LogP contribution in [0.1, 0.15) is 18.1 Å². The molecular formula is C15H20ClF3N4. The van der Waals surface area contributed by atoms with Crippen molar-refractivity contribution in [1.82, 2.24) is 15.1 Å². The maximum Gasteiger partial charge on any atom is 0.416 e. The molecule has 8 heteroatoms. The molecule has 0 spiro atoms. The average Bonchev–Trinajstić information content (AvgIpc) is 2.93. The van der Waals surface area contributed by atoms with Crippen LogP contribution in [0, 0.1) is 0 Å². The topological polar surface area (TPSA) is 57.9 Å². The van der Waals surface area contributed by atoms with Crippen molar-refractivity contribution in [1.29, 1.82) is 0 Å². The molecule has 1 aromatic carbocycles. The smallest absolute Gasteiger partial charge is 0.329 e. The predicted molar refractivity (Wildman–Crippen MR) is 86.3 cm³/mol. The molecule has 0 bridgehead atoms. The summed E-state index contributed by atoms with van der Waals surface area (Å²) in [5.41, 5.74) is 7.30. The van der Waals surface area contributed by atoms with Gasteiger partial charge in [-0.2, -0.15) is 18.3 Å². The Morgan fingerprint density at radius 1 is 1.26 bits per heavy atom. The molecule has 128 valence electrons. The molecule has 0 saturated heterocycles. The second kappa shape index (κ2) is 7.81. The minimum absolute atomic E-state index is 0. The number of hydrogen-bond acceptors (Lipinski definition) is 3. The van der Waals surface area contributed by atoms with Crippen LogP contribution in [0.3, 0.4) is 0 Å². The first kappa shape index (κ1) is 19.5. The fraction of sp³-hybridized carbons (Fsp3) is 0.400. The Morgan fingerprint density at radius 3 is 2.39 bits per heavy atom. The van der Waals surface area contributed by atoms with Crippen LogP contribution in [-0.2, 0) is 12.7 Å². The van der Waals surface area contributed by atoms with E-state index in [1.54, 1.807) is 6.20 Å². The highest BCUT2D eigenvalue weighted by molar-refractivity contribution is 5.85. The summed E-state index contributed by atoms with van der Waals surface area (Å²) in [6.07, 6.45) is -2.64. The fourth-order valence-corrected chi connectivity index (χ4v) is 2.11. The van der Waals surface area contributed by atoms with Gasteiger partial charge in [-0.3, -0.25) is 10.00 Å². The number of rotatable bonds is 5. The number of benzene rings is 1. The van der Waals surface area contributed by atoms with Crippen molar-refractivity contribution in [3.05, 3.63) is 41.6 Å². The van der Waals surface area contributed by atoms with E-state index in [9.17, 15) is 13.2 Å². The van der Waals surface area contributed by atoms with Gasteiger partial charge in [-0.1, -0.05) is 12.1 Å². The largest absolute Gasteiger partial charge is 0.416 e. The number of nitrogens with two attached hydrogens (primary N) is 1. The molecule has 1 aromatic heterocycles. The van der Waals surface area contributed by atoms with E-state index in [2.05, 4.69) is 15.1 Å². The monoisotopic (exact) mass is 348 g/mol. The quantitative estimate of drug-likeness (QED) is 0.871. The van der Waals surface area contributed by atoms with Gasteiger partial charge in [0.15, 0.2) is 0 Å². The van der Waals surface area contributed by atoms with Crippen molar-refractivity contribution in [3.8, 4) is 11.3 Å². The lowest BCUT2D eigenvalue weighted by Gasteiger charge is -2.23. The van der Waals surface area contributed by atoms with Gasteiger partial charge in [0.05, 0.1) is 17.5 Å². The summed E-state index contributed by atoms with van der Waals surface area (Å²) in [6.45, 7) is 3.16. The van der Waals surface area contributed by atoms with E-state index in [1.165, 1.54) is 12.1 Å². The van der Waals surface area contributed by atoms with Crippen LogP contribution in [0.2, 0.25) is 0 Å². The van der Waals surface area contributed by atoms with Gasteiger partial charge in [-0.25, -0.2) is 0 Å². The van der Waals surface area contributed by atoms with E-state index in [0.717, 1.165) is 23.4 Å². The van der Waals surface area contributed by atoms with Crippen molar-refractivity contribution in [3.63, 3.8) is 0 Å². The molecule has 3 N–H and O–H groups in total. The maximum absolute atomic E-state index is 12.6. The highest BCUT2D eigenvalue weighted by atomic mass is 35.5. The van der Waals surface area contributed by atoms with E-state index < -0.39 is 11.7 Å². The van der Waals surface area contributed by atoms with Gasteiger partial charge in [0.2, 0.25) is 0 Å². The van der Waals surface area contributed by atoms with Gasteiger partial charge in [0.25, 0.3) is 0 Å². The third kappa shape index (κ3) is 4.70. The Morgan fingerprint density at radius 2 is 1.87 bits per heavy atom. The number of nitrogens with one attached hydrogen (secondary N) is 1. The summed E-state index contributed by atoms with van der Waals surface area (Å²) in [6, 6.07) is 5.26. The normalized spacial score (nSPS) is 13.0. The molecule has 0 aliphatic rings. The number of aromatic amines is 1. The van der Waals surface area contributed by atoms with E-state index >= 15 is 0 Å². The molecule has 2 rings (SSSR count). The fourth-order valence-electron chi connectivity index (χ4n) is 2.11. The SMILES string of the molecule is CC(CN)N(C)Cc1cn[nH]c1-c1ccc(C(F)(F)F)cc1.Cl. The van der Waals surface area contributed by atoms with Crippen LogP contribution in [0.15, 0.2) is 30.5 Å². The summed E-state index contributed by atoms with van der Waals surface area (Å²) in [5.74, 6) is 0. The molecule has 0 aliphatic carbocycles. The van der Waals surface area contributed by atoms with Crippen molar-refractivity contribution in [2.24, 2.45) is 5.73 Å². The first-order valence-corrected chi connectivity index (χ1v) is 6.93. The number of likely N-dealkylation sites (N-methyl/N-ethyl adjacent to an activating group) is 1. The second-order valence-electron chi connectivity index (χ2n) is 5.35. The molecule has 1 unspecified atom stereocenters. The Kier molecular flexibility index (Phi) is 6.61. The molecule has 0 fully saturated rings. The number of aromatic nitrogens is 2. The molecule has 0 saturated carbocycles. The van der Waals surface area contributed by atoms with Gasteiger partial charge >= 0.3 is 6.18 Å². The minimum atomic E-state index is -4.33. The third-order valence-corrected chi connectivity index (χ3v) is 3.73. The molecule has 0 aliphatic heterocycles. The zero-order valence-electron chi connectivity index (χ0n) is 12.9. The first-order chi connectivity index (χ1) is 10.3. The van der Waals surface area contributed by atoms with Crippen LogP contribution in [0.5, 0.6) is 0 Å². The summed E-state index contributed by atoms with van der Waals surface area (Å²) in [7, 11) is 1.95. The summed E-state index contributed by atoms with van der Waals surface area (Å²) in [4.78, 5) is 2.07. The van der Waals surface area contributed by atoms with Gasteiger partial charge in [-0.05, 0) is 31.7 Å². The van der Waals surface area contributed by atoms with Crippen LogP contribution < -0.4 is 5.73 Å². The minimum Gasteiger partial charge on any atom is -0.329 e. The molecule has 4 nitrogen and oxygen atoms in total. The summed E-state index contributed by atoms with van der Waals surface area (Å²) < 4.78 is 37.8. The van der Waals surface area contributed by atoms with Crippen molar-refractivity contribution in [2.45, 2.75) is 25.7 Å².